The summed E-state index contributed by atoms with van der Waals surface area (Å²) in [6.07, 6.45) is 7.36. The quantitative estimate of drug-likeness (QED) is 0.381. The maximum atomic E-state index is 11.9. The number of aromatic nitrogens is 1. The van der Waals surface area contributed by atoms with E-state index < -0.39 is 0 Å². The normalized spacial score (nSPS) is 10.9. The molecule has 1 aromatic heterocycles. The van der Waals surface area contributed by atoms with Crippen LogP contribution < -0.4 is 0 Å². The highest BCUT2D eigenvalue weighted by atomic mass is 16.1. The summed E-state index contributed by atoms with van der Waals surface area (Å²) in [5.41, 5.74) is 2.62. The predicted molar refractivity (Wildman–Crippen MR) is 133 cm³/mol. The van der Waals surface area contributed by atoms with Gasteiger partial charge in [-0.25, -0.2) is 0 Å². The predicted octanol–water partition coefficient (Wildman–Crippen LogP) is 7.40. The Hall–Kier alpha value is -2.81. The van der Waals surface area contributed by atoms with Crippen LogP contribution in [0, 0.1) is 12.8 Å². The van der Waals surface area contributed by atoms with Gasteiger partial charge in [-0.05, 0) is 61.1 Å². The second-order valence-corrected chi connectivity index (χ2v) is 7.61. The zero-order valence-corrected chi connectivity index (χ0v) is 19.7. The number of nitrogens with zero attached hydrogens (tertiary/aromatic N) is 1. The minimum atomic E-state index is 0. The molecule has 0 radical (unpaired) electrons. The third kappa shape index (κ3) is 10.2. The third-order valence-electron chi connectivity index (χ3n) is 5.16. The second-order valence-electron chi connectivity index (χ2n) is 7.61. The van der Waals surface area contributed by atoms with Gasteiger partial charge in [-0.2, -0.15) is 0 Å². The fourth-order valence-corrected chi connectivity index (χ4v) is 3.20. The van der Waals surface area contributed by atoms with Crippen LogP contribution in [-0.4, -0.2) is 16.6 Å². The minimum Gasteiger partial charge on any atom is -0.300 e. The lowest BCUT2D eigenvalue weighted by Crippen LogP contribution is -2.12. The average Bonchev–Trinajstić information content (AvgIpc) is 2.80. The summed E-state index contributed by atoms with van der Waals surface area (Å²) in [5.74, 6) is 0.468. The molecule has 3 heteroatoms. The Balaban J connectivity index is 0.000000618. The van der Waals surface area contributed by atoms with Crippen molar-refractivity contribution in [2.24, 2.45) is 5.92 Å². The highest BCUT2D eigenvalue weighted by Crippen LogP contribution is 2.15. The Morgan fingerprint density at radius 2 is 1.58 bits per heavy atom. The molecule has 0 aliphatic carbocycles. The van der Waals surface area contributed by atoms with Crippen molar-refractivity contribution in [3.63, 3.8) is 0 Å². The number of hydrogen-bond donors (Lipinski definition) is 0. The molecule has 3 rings (SSSR count). The summed E-state index contributed by atoms with van der Waals surface area (Å²) >= 11 is 0. The number of rotatable bonds is 8. The van der Waals surface area contributed by atoms with Gasteiger partial charge in [-0.15, -0.1) is 0 Å². The number of ketones is 2. The molecule has 3 nitrogen and oxygen atoms in total. The summed E-state index contributed by atoms with van der Waals surface area (Å²) in [6.45, 7) is 9.61. The molecule has 0 fully saturated rings. The summed E-state index contributed by atoms with van der Waals surface area (Å²) in [5, 5.41) is 2.45. The zero-order valence-electron chi connectivity index (χ0n) is 19.7. The summed E-state index contributed by atoms with van der Waals surface area (Å²) in [6, 6.07) is 18.5. The van der Waals surface area contributed by atoms with E-state index in [0.29, 0.717) is 19.3 Å². The molecule has 0 spiro atoms. The van der Waals surface area contributed by atoms with Gasteiger partial charge < -0.3 is 4.79 Å². The number of hydrogen-bond acceptors (Lipinski definition) is 3. The number of benzene rings is 2. The van der Waals surface area contributed by atoms with Gasteiger partial charge in [0.05, 0.1) is 0 Å². The van der Waals surface area contributed by atoms with Crippen LogP contribution >= 0.6 is 0 Å². The molecule has 0 aliphatic heterocycles. The van der Waals surface area contributed by atoms with E-state index in [9.17, 15) is 9.59 Å². The van der Waals surface area contributed by atoms with Gasteiger partial charge in [-0.3, -0.25) is 9.78 Å². The van der Waals surface area contributed by atoms with Crippen LogP contribution in [0.1, 0.15) is 65.9 Å². The maximum Gasteiger partial charge on any atom is 0.135 e. The zero-order chi connectivity index (χ0) is 23.1. The molecule has 31 heavy (non-hydrogen) atoms. The Kier molecular flexibility index (Phi) is 12.7. The molecule has 0 aliphatic rings. The number of pyridine rings is 1. The molecule has 168 valence electrons. The SMILES string of the molecule is CC.CC(=O)CCC(C)C(=O)CCCc1ccccc1C.[HH].c1ccc2cnccc2c1. The van der Waals surface area contributed by atoms with Crippen molar-refractivity contribution >= 4 is 22.3 Å². The number of Topliss-reactive ketones (excluding diaryl/α,β-unsaturated/α-hetero) is 2. The fraction of sp³-hybridized carbons (Fsp3) is 0.393. The van der Waals surface area contributed by atoms with Crippen LogP contribution in [0.2, 0.25) is 0 Å². The molecule has 0 saturated carbocycles. The van der Waals surface area contributed by atoms with Gasteiger partial charge in [0.2, 0.25) is 0 Å². The molecule has 1 unspecified atom stereocenters. The van der Waals surface area contributed by atoms with Crippen molar-refractivity contribution in [1.29, 1.82) is 0 Å². The van der Waals surface area contributed by atoms with Crippen molar-refractivity contribution in [1.82, 2.24) is 4.98 Å². The number of carbonyl (C=O) groups excluding carboxylic acids is 2. The Morgan fingerprint density at radius 3 is 2.23 bits per heavy atom. The van der Waals surface area contributed by atoms with Crippen LogP contribution in [0.15, 0.2) is 67.0 Å². The largest absolute Gasteiger partial charge is 0.300 e. The lowest BCUT2D eigenvalue weighted by molar-refractivity contribution is -0.123. The highest BCUT2D eigenvalue weighted by molar-refractivity contribution is 5.82. The van der Waals surface area contributed by atoms with E-state index in [-0.39, 0.29) is 18.9 Å². The van der Waals surface area contributed by atoms with Crippen molar-refractivity contribution in [3.8, 4) is 0 Å². The first-order chi connectivity index (χ1) is 15.0. The highest BCUT2D eigenvalue weighted by Gasteiger charge is 2.13. The number of fused-ring (bicyclic) bond motifs is 1. The van der Waals surface area contributed by atoms with Gasteiger partial charge in [0, 0.05) is 32.6 Å². The third-order valence-corrected chi connectivity index (χ3v) is 5.16. The Bertz CT molecular complexity index is 874. The van der Waals surface area contributed by atoms with Crippen molar-refractivity contribution < 1.29 is 11.0 Å². The van der Waals surface area contributed by atoms with Crippen molar-refractivity contribution in [3.05, 3.63) is 78.1 Å². The average molecular weight is 422 g/mol. The molecule has 2 aromatic carbocycles. The van der Waals surface area contributed by atoms with E-state index in [4.69, 9.17) is 0 Å². The molecule has 0 N–H and O–H groups in total. The van der Waals surface area contributed by atoms with Crippen LogP contribution in [0.5, 0.6) is 0 Å². The summed E-state index contributed by atoms with van der Waals surface area (Å²) < 4.78 is 0. The maximum absolute atomic E-state index is 11.9. The van der Waals surface area contributed by atoms with E-state index in [1.807, 2.05) is 63.5 Å². The molecule has 1 heterocycles. The molecule has 0 amide bonds. The topological polar surface area (TPSA) is 47.0 Å². The van der Waals surface area contributed by atoms with Crippen LogP contribution in [0.4, 0.5) is 0 Å². The van der Waals surface area contributed by atoms with E-state index in [0.717, 1.165) is 12.8 Å². The molecule has 1 atom stereocenters. The smallest absolute Gasteiger partial charge is 0.135 e. The van der Waals surface area contributed by atoms with Gasteiger partial charge in [0.25, 0.3) is 0 Å². The standard InChI is InChI=1S/C17H24O2.C9H7N.C2H6.H2/c1-13-7-4-5-8-16(13)9-6-10-17(19)14(2)11-12-15(3)18;1-2-4-9-7-10-6-5-8(9)3-1;1-2;/h4-5,7-8,14H,6,9-12H2,1-3H3;1-7H;1-2H3;1H. The number of aryl methyl sites for hydroxylation is 2. The van der Waals surface area contributed by atoms with Gasteiger partial charge in [0.1, 0.15) is 11.6 Å². The monoisotopic (exact) mass is 421 g/mol. The summed E-state index contributed by atoms with van der Waals surface area (Å²) in [4.78, 5) is 26.8. The van der Waals surface area contributed by atoms with E-state index in [2.05, 4.69) is 36.2 Å². The van der Waals surface area contributed by atoms with Gasteiger partial charge in [0.15, 0.2) is 0 Å². The van der Waals surface area contributed by atoms with Gasteiger partial charge in [-0.1, -0.05) is 69.3 Å². The van der Waals surface area contributed by atoms with E-state index >= 15 is 0 Å². The molecular formula is C28H39NO2. The molecule has 0 bridgehead atoms. The van der Waals surface area contributed by atoms with E-state index in [1.54, 1.807) is 6.92 Å². The fourth-order valence-electron chi connectivity index (χ4n) is 3.20. The molecular weight excluding hydrogens is 382 g/mol. The van der Waals surface area contributed by atoms with Crippen LogP contribution in [0.3, 0.4) is 0 Å². The Labute approximate surface area is 189 Å². The first-order valence-corrected chi connectivity index (χ1v) is 11.3. The van der Waals surface area contributed by atoms with E-state index in [1.165, 1.54) is 21.9 Å². The van der Waals surface area contributed by atoms with Crippen molar-refractivity contribution in [2.45, 2.75) is 66.7 Å². The van der Waals surface area contributed by atoms with Crippen molar-refractivity contribution in [2.75, 3.05) is 0 Å². The van der Waals surface area contributed by atoms with Crippen LogP contribution in [0.25, 0.3) is 10.8 Å². The molecule has 0 saturated heterocycles. The number of carbonyl (C=O) groups is 2. The lowest BCUT2D eigenvalue weighted by Gasteiger charge is -2.10. The minimum absolute atomic E-state index is 0. The lowest BCUT2D eigenvalue weighted by atomic mass is 9.94. The van der Waals surface area contributed by atoms with Crippen LogP contribution in [-0.2, 0) is 16.0 Å². The first kappa shape index (κ1) is 26.2. The first-order valence-electron chi connectivity index (χ1n) is 11.3. The summed E-state index contributed by atoms with van der Waals surface area (Å²) in [7, 11) is 0. The molecule has 3 aromatic rings. The second kappa shape index (κ2) is 15.1. The Morgan fingerprint density at radius 1 is 0.935 bits per heavy atom. The van der Waals surface area contributed by atoms with Gasteiger partial charge >= 0.3 is 0 Å².